The van der Waals surface area contributed by atoms with E-state index in [0.717, 1.165) is 10.2 Å². The highest BCUT2D eigenvalue weighted by molar-refractivity contribution is 7.16. The van der Waals surface area contributed by atoms with Gasteiger partial charge in [-0.25, -0.2) is 9.78 Å². The maximum Gasteiger partial charge on any atom is 0.338 e. The van der Waals surface area contributed by atoms with Gasteiger partial charge in [0.2, 0.25) is 5.91 Å². The molecule has 1 heterocycles. The lowest BCUT2D eigenvalue weighted by Crippen LogP contribution is -2.14. The first-order valence-corrected chi connectivity index (χ1v) is 8.88. The van der Waals surface area contributed by atoms with Gasteiger partial charge in [0.05, 0.1) is 21.3 Å². The second kappa shape index (κ2) is 7.88. The third-order valence-electron chi connectivity index (χ3n) is 3.71. The van der Waals surface area contributed by atoms with Crippen LogP contribution in [0.4, 0.5) is 5.69 Å². The van der Waals surface area contributed by atoms with Crippen molar-refractivity contribution in [1.82, 2.24) is 4.98 Å². The number of thiazole rings is 1. The molecule has 0 fully saturated rings. The summed E-state index contributed by atoms with van der Waals surface area (Å²) in [6.45, 7) is 1.41. The monoisotopic (exact) mass is 368 g/mol. The van der Waals surface area contributed by atoms with E-state index in [2.05, 4.69) is 10.3 Å². The number of fused-ring (bicyclic) bond motifs is 1. The summed E-state index contributed by atoms with van der Waals surface area (Å²) in [5, 5.41) is 2.70. The summed E-state index contributed by atoms with van der Waals surface area (Å²) in [7, 11) is 0. The number of aromatic nitrogens is 1. The Bertz CT molecular complexity index is 963. The highest BCUT2D eigenvalue weighted by atomic mass is 32.1. The molecule has 0 spiro atoms. The number of esters is 1. The second-order valence-corrected chi connectivity index (χ2v) is 6.40. The van der Waals surface area contributed by atoms with Crippen LogP contribution in [0.3, 0.4) is 0 Å². The number of anilines is 1. The lowest BCUT2D eigenvalue weighted by Gasteiger charge is -2.06. The van der Waals surface area contributed by atoms with Gasteiger partial charge in [-0.2, -0.15) is 0 Å². The molecule has 1 aromatic heterocycles. The van der Waals surface area contributed by atoms with Gasteiger partial charge in [0, 0.05) is 17.7 Å². The number of hydrogen-bond acceptors (Lipinski definition) is 6. The Hall–Kier alpha value is -3.06. The minimum Gasteiger partial charge on any atom is -0.454 e. The highest BCUT2D eigenvalue weighted by Gasteiger charge is 2.13. The van der Waals surface area contributed by atoms with Crippen LogP contribution in [0.5, 0.6) is 0 Å². The zero-order chi connectivity index (χ0) is 18.5. The number of ether oxygens (including phenoxy) is 1. The summed E-state index contributed by atoms with van der Waals surface area (Å²) in [4.78, 5) is 39.8. The number of nitrogens with zero attached hydrogens (tertiary/aromatic N) is 1. The maximum absolute atomic E-state index is 12.2. The topological polar surface area (TPSA) is 85.4 Å². The lowest BCUT2D eigenvalue weighted by molar-refractivity contribution is -0.115. The van der Waals surface area contributed by atoms with Crippen molar-refractivity contribution in [3.8, 4) is 0 Å². The molecule has 7 heteroatoms. The number of hydrogen-bond donors (Lipinski definition) is 1. The minimum absolute atomic E-state index is 0.101. The fourth-order valence-electron chi connectivity index (χ4n) is 2.27. The van der Waals surface area contributed by atoms with Gasteiger partial charge in [-0.1, -0.05) is 6.92 Å². The molecule has 26 heavy (non-hydrogen) atoms. The van der Waals surface area contributed by atoms with Gasteiger partial charge in [-0.15, -0.1) is 11.3 Å². The van der Waals surface area contributed by atoms with Gasteiger partial charge in [0.1, 0.15) is 0 Å². The molecule has 0 aliphatic carbocycles. The van der Waals surface area contributed by atoms with Crippen LogP contribution >= 0.6 is 11.3 Å². The molecular formula is C19H16N2O4S. The normalized spacial score (nSPS) is 10.5. The van der Waals surface area contributed by atoms with Crippen molar-refractivity contribution in [2.24, 2.45) is 0 Å². The molecule has 0 bridgehead atoms. The first-order chi connectivity index (χ1) is 12.6. The van der Waals surface area contributed by atoms with Gasteiger partial charge < -0.3 is 10.1 Å². The van der Waals surface area contributed by atoms with Crippen LogP contribution in [0, 0.1) is 0 Å². The van der Waals surface area contributed by atoms with Crippen molar-refractivity contribution in [2.45, 2.75) is 13.3 Å². The quantitative estimate of drug-likeness (QED) is 0.530. The molecule has 0 aliphatic rings. The van der Waals surface area contributed by atoms with Gasteiger partial charge in [0.25, 0.3) is 0 Å². The van der Waals surface area contributed by atoms with E-state index in [1.807, 2.05) is 0 Å². The molecule has 6 nitrogen and oxygen atoms in total. The average molecular weight is 368 g/mol. The summed E-state index contributed by atoms with van der Waals surface area (Å²) >= 11 is 1.43. The summed E-state index contributed by atoms with van der Waals surface area (Å²) < 4.78 is 5.99. The molecule has 3 aromatic rings. The molecular weight excluding hydrogens is 352 g/mol. The third-order valence-corrected chi connectivity index (χ3v) is 4.50. The molecule has 1 N–H and O–H groups in total. The zero-order valence-corrected chi connectivity index (χ0v) is 14.8. The first-order valence-electron chi connectivity index (χ1n) is 8.00. The smallest absolute Gasteiger partial charge is 0.338 e. The van der Waals surface area contributed by atoms with Crippen LogP contribution in [-0.2, 0) is 9.53 Å². The maximum atomic E-state index is 12.2. The van der Waals surface area contributed by atoms with E-state index in [1.165, 1.54) is 11.3 Å². The Morgan fingerprint density at radius 3 is 2.54 bits per heavy atom. The SMILES string of the molecule is CCC(=O)Nc1ccc(C(=O)COC(=O)c2ccc3ncsc3c2)cc1. The number of amides is 1. The predicted octanol–water partition coefficient (Wildman–Crippen LogP) is 3.68. The second-order valence-electron chi connectivity index (χ2n) is 5.51. The summed E-state index contributed by atoms with van der Waals surface area (Å²) in [6, 6.07) is 11.5. The van der Waals surface area contributed by atoms with Gasteiger partial charge in [-0.3, -0.25) is 9.59 Å². The Kier molecular flexibility index (Phi) is 5.38. The number of benzene rings is 2. The molecule has 0 saturated heterocycles. The van der Waals surface area contributed by atoms with E-state index in [1.54, 1.807) is 54.9 Å². The Morgan fingerprint density at radius 2 is 1.81 bits per heavy atom. The molecule has 3 rings (SSSR count). The third kappa shape index (κ3) is 4.12. The number of carbonyl (C=O) groups excluding carboxylic acids is 3. The van der Waals surface area contributed by atoms with E-state index in [0.29, 0.717) is 23.2 Å². The molecule has 0 aliphatic heterocycles. The molecule has 1 amide bonds. The van der Waals surface area contributed by atoms with Crippen molar-refractivity contribution in [3.63, 3.8) is 0 Å². The van der Waals surface area contributed by atoms with Crippen LogP contribution in [0.25, 0.3) is 10.2 Å². The Morgan fingerprint density at radius 1 is 1.08 bits per heavy atom. The van der Waals surface area contributed by atoms with E-state index in [9.17, 15) is 14.4 Å². The van der Waals surface area contributed by atoms with Crippen LogP contribution in [-0.4, -0.2) is 29.3 Å². The lowest BCUT2D eigenvalue weighted by atomic mass is 10.1. The molecule has 2 aromatic carbocycles. The Labute approximate surface area is 153 Å². The van der Waals surface area contributed by atoms with Crippen LogP contribution in [0.15, 0.2) is 48.0 Å². The van der Waals surface area contributed by atoms with E-state index >= 15 is 0 Å². The van der Waals surface area contributed by atoms with Crippen LogP contribution in [0.2, 0.25) is 0 Å². The minimum atomic E-state index is -0.555. The molecule has 0 saturated carbocycles. The molecule has 0 unspecified atom stereocenters. The van der Waals surface area contributed by atoms with Crippen molar-refractivity contribution in [3.05, 3.63) is 59.1 Å². The molecule has 0 atom stereocenters. The number of rotatable bonds is 6. The van der Waals surface area contributed by atoms with Crippen LogP contribution in [0.1, 0.15) is 34.1 Å². The summed E-state index contributed by atoms with van der Waals surface area (Å²) in [5.41, 5.74) is 3.93. The first kappa shape index (κ1) is 17.8. The van der Waals surface area contributed by atoms with Gasteiger partial charge >= 0.3 is 5.97 Å². The predicted molar refractivity (Wildman–Crippen MR) is 99.6 cm³/mol. The van der Waals surface area contributed by atoms with E-state index in [4.69, 9.17) is 4.74 Å². The number of Topliss-reactive ketones (excluding diaryl/α,β-unsaturated/α-hetero) is 1. The standard InChI is InChI=1S/C19H16N2O4S/c1-2-18(23)21-14-6-3-12(4-7-14)16(22)10-25-19(24)13-5-8-15-17(9-13)26-11-20-15/h3-9,11H,2,10H2,1H3,(H,21,23). The van der Waals surface area contributed by atoms with Gasteiger partial charge in [-0.05, 0) is 42.5 Å². The number of ketones is 1. The molecule has 0 radical (unpaired) electrons. The average Bonchev–Trinajstić information content (AvgIpc) is 3.14. The van der Waals surface area contributed by atoms with Crippen molar-refractivity contribution >= 4 is 44.9 Å². The number of nitrogens with one attached hydrogen (secondary N) is 1. The van der Waals surface area contributed by atoms with Crippen molar-refractivity contribution in [2.75, 3.05) is 11.9 Å². The fourth-order valence-corrected chi connectivity index (χ4v) is 2.98. The Balaban J connectivity index is 1.59. The largest absolute Gasteiger partial charge is 0.454 e. The van der Waals surface area contributed by atoms with E-state index in [-0.39, 0.29) is 18.3 Å². The fraction of sp³-hybridized carbons (Fsp3) is 0.158. The van der Waals surface area contributed by atoms with Crippen LogP contribution < -0.4 is 5.32 Å². The van der Waals surface area contributed by atoms with Crippen molar-refractivity contribution in [1.29, 1.82) is 0 Å². The summed E-state index contributed by atoms with van der Waals surface area (Å²) in [6.07, 6.45) is 0.379. The molecule has 132 valence electrons. The number of carbonyl (C=O) groups is 3. The highest BCUT2D eigenvalue weighted by Crippen LogP contribution is 2.19. The summed E-state index contributed by atoms with van der Waals surface area (Å²) in [5.74, 6) is -0.970. The zero-order valence-electron chi connectivity index (χ0n) is 14.0. The van der Waals surface area contributed by atoms with E-state index < -0.39 is 5.97 Å². The van der Waals surface area contributed by atoms with Crippen molar-refractivity contribution < 1.29 is 19.1 Å². The van der Waals surface area contributed by atoms with Gasteiger partial charge in [0.15, 0.2) is 12.4 Å².